The molecule has 2 aromatic rings. The van der Waals surface area contributed by atoms with Gasteiger partial charge in [-0.15, -0.1) is 10.2 Å². The van der Waals surface area contributed by atoms with Gasteiger partial charge in [0.15, 0.2) is 12.1 Å². The highest BCUT2D eigenvalue weighted by molar-refractivity contribution is 6.76. The lowest BCUT2D eigenvalue weighted by molar-refractivity contribution is 0.0867. The van der Waals surface area contributed by atoms with E-state index in [1.165, 1.54) is 0 Å². The van der Waals surface area contributed by atoms with Gasteiger partial charge in [-0.25, -0.2) is 6.57 Å². The number of hydrogen-bond acceptors (Lipinski definition) is 5. The third-order valence-corrected chi connectivity index (χ3v) is 6.81. The Kier molecular flexibility index (Phi) is 5.77. The molecular weight excluding hydrogens is 370 g/mol. The predicted octanol–water partition coefficient (Wildman–Crippen LogP) is 3.77. The summed E-state index contributed by atoms with van der Waals surface area (Å²) >= 11 is 0. The Morgan fingerprint density at radius 3 is 2.71 bits per heavy atom. The molecule has 1 fully saturated rings. The molecule has 3 rings (SSSR count). The SMILES string of the molecule is [C-]#[N+]C1(Cc2cc(-c3nnc(C)n3COCC[Si](C)(C)C)cnc2C=O)CC1. The Morgan fingerprint density at radius 1 is 1.36 bits per heavy atom. The van der Waals surface area contributed by atoms with Gasteiger partial charge in [-0.05, 0) is 24.6 Å². The molecule has 0 aromatic carbocycles. The number of rotatable bonds is 9. The van der Waals surface area contributed by atoms with Crippen molar-refractivity contribution in [3.8, 4) is 11.4 Å². The molecule has 2 heterocycles. The Morgan fingerprint density at radius 2 is 2.11 bits per heavy atom. The number of pyridine rings is 1. The molecule has 7 nitrogen and oxygen atoms in total. The molecule has 1 aliphatic carbocycles. The van der Waals surface area contributed by atoms with Crippen LogP contribution in [0, 0.1) is 13.5 Å². The van der Waals surface area contributed by atoms with Gasteiger partial charge < -0.3 is 9.58 Å². The zero-order chi connectivity index (χ0) is 20.4. The summed E-state index contributed by atoms with van der Waals surface area (Å²) in [7, 11) is -1.14. The van der Waals surface area contributed by atoms with Crippen LogP contribution in [-0.4, -0.2) is 46.3 Å². The number of carbonyl (C=O) groups is 1. The largest absolute Gasteiger partial charge is 0.361 e. The molecule has 0 N–H and O–H groups in total. The smallest absolute Gasteiger partial charge is 0.237 e. The van der Waals surface area contributed by atoms with Crippen LogP contribution < -0.4 is 0 Å². The van der Waals surface area contributed by atoms with E-state index >= 15 is 0 Å². The van der Waals surface area contributed by atoms with Gasteiger partial charge in [0.2, 0.25) is 5.54 Å². The molecule has 0 unspecified atom stereocenters. The quantitative estimate of drug-likeness (QED) is 0.279. The van der Waals surface area contributed by atoms with E-state index in [4.69, 9.17) is 11.3 Å². The number of nitrogens with zero attached hydrogens (tertiary/aromatic N) is 5. The molecular formula is C20H27N5O2Si. The predicted molar refractivity (Wildman–Crippen MR) is 110 cm³/mol. The number of hydrogen-bond donors (Lipinski definition) is 0. The van der Waals surface area contributed by atoms with Gasteiger partial charge in [-0.1, -0.05) is 19.6 Å². The van der Waals surface area contributed by atoms with Gasteiger partial charge in [0.1, 0.15) is 18.2 Å². The summed E-state index contributed by atoms with van der Waals surface area (Å²) in [6.45, 7) is 17.4. The van der Waals surface area contributed by atoms with E-state index in [-0.39, 0.29) is 5.54 Å². The summed E-state index contributed by atoms with van der Waals surface area (Å²) in [5.41, 5.74) is 1.62. The Labute approximate surface area is 167 Å². The van der Waals surface area contributed by atoms with E-state index in [9.17, 15) is 4.79 Å². The lowest BCUT2D eigenvalue weighted by Gasteiger charge is -2.16. The van der Waals surface area contributed by atoms with E-state index in [2.05, 4.69) is 39.7 Å². The fraction of sp³-hybridized carbons (Fsp3) is 0.550. The van der Waals surface area contributed by atoms with Crippen LogP contribution in [0.3, 0.4) is 0 Å². The summed E-state index contributed by atoms with van der Waals surface area (Å²) in [6.07, 6.45) is 4.70. The van der Waals surface area contributed by atoms with Crippen molar-refractivity contribution in [2.45, 2.75) is 64.1 Å². The van der Waals surface area contributed by atoms with Gasteiger partial charge in [0.25, 0.3) is 0 Å². The molecule has 0 atom stereocenters. The molecule has 0 spiro atoms. The topological polar surface area (TPSA) is 74.3 Å². The van der Waals surface area contributed by atoms with Gasteiger partial charge in [-0.2, -0.15) is 0 Å². The van der Waals surface area contributed by atoms with Crippen LogP contribution in [0.5, 0.6) is 0 Å². The average molecular weight is 398 g/mol. The minimum absolute atomic E-state index is 0.360. The van der Waals surface area contributed by atoms with Crippen molar-refractivity contribution in [1.82, 2.24) is 19.7 Å². The standard InChI is InChI=1S/C20H27N5O2Si/c1-15-23-24-19(25(15)14-27-8-9-28(3,4)5)17-10-16(18(13-26)22-12-17)11-20(21-2)6-7-20/h10,12-13H,6-9,11,14H2,1,3-5H3. The Bertz CT molecular complexity index is 906. The van der Waals surface area contributed by atoms with Crippen LogP contribution in [0.1, 0.15) is 34.7 Å². The van der Waals surface area contributed by atoms with E-state index in [1.807, 2.05) is 17.6 Å². The molecule has 0 saturated heterocycles. The molecule has 0 radical (unpaired) electrons. The van der Waals surface area contributed by atoms with Crippen molar-refractivity contribution >= 4 is 14.4 Å². The second kappa shape index (κ2) is 7.93. The second-order valence-electron chi connectivity index (χ2n) is 8.75. The molecule has 0 amide bonds. The van der Waals surface area contributed by atoms with Gasteiger partial charge in [-0.3, -0.25) is 14.3 Å². The zero-order valence-corrected chi connectivity index (χ0v) is 18.0. The van der Waals surface area contributed by atoms with Crippen LogP contribution in [-0.2, 0) is 17.9 Å². The molecule has 0 bridgehead atoms. The first-order valence-electron chi connectivity index (χ1n) is 9.58. The van der Waals surface area contributed by atoms with Gasteiger partial charge in [0, 0.05) is 39.3 Å². The van der Waals surface area contributed by atoms with Crippen molar-refractivity contribution in [2.75, 3.05) is 6.61 Å². The van der Waals surface area contributed by atoms with Crippen molar-refractivity contribution in [2.24, 2.45) is 0 Å². The van der Waals surface area contributed by atoms with Crippen LogP contribution in [0.15, 0.2) is 12.3 Å². The summed E-state index contributed by atoms with van der Waals surface area (Å²) < 4.78 is 7.81. The molecule has 8 heteroatoms. The maximum Gasteiger partial charge on any atom is 0.237 e. The maximum absolute atomic E-state index is 11.4. The molecule has 0 aliphatic heterocycles. The Balaban J connectivity index is 1.82. The van der Waals surface area contributed by atoms with Crippen LogP contribution in [0.25, 0.3) is 16.2 Å². The third kappa shape index (κ3) is 4.72. The van der Waals surface area contributed by atoms with E-state index in [0.29, 0.717) is 31.3 Å². The third-order valence-electron chi connectivity index (χ3n) is 5.11. The maximum atomic E-state index is 11.4. The highest BCUT2D eigenvalue weighted by Gasteiger charge is 2.51. The number of aromatic nitrogens is 4. The fourth-order valence-electron chi connectivity index (χ4n) is 3.00. The van der Waals surface area contributed by atoms with E-state index in [1.54, 1.807) is 6.20 Å². The normalized spacial score (nSPS) is 15.2. The highest BCUT2D eigenvalue weighted by Crippen LogP contribution is 2.43. The Hall–Kier alpha value is -2.37. The minimum Gasteiger partial charge on any atom is -0.361 e. The first-order chi connectivity index (χ1) is 13.3. The van der Waals surface area contributed by atoms with Gasteiger partial charge >= 0.3 is 0 Å². The summed E-state index contributed by atoms with van der Waals surface area (Å²) in [5, 5.41) is 8.49. The second-order valence-corrected chi connectivity index (χ2v) is 14.4. The number of aryl methyl sites for hydroxylation is 1. The lowest BCUT2D eigenvalue weighted by Crippen LogP contribution is -2.22. The van der Waals surface area contributed by atoms with Crippen molar-refractivity contribution in [1.29, 1.82) is 0 Å². The number of aldehydes is 1. The van der Waals surface area contributed by atoms with Crippen LogP contribution in [0.2, 0.25) is 25.7 Å². The van der Waals surface area contributed by atoms with Gasteiger partial charge in [0.05, 0.1) is 6.42 Å². The molecule has 1 saturated carbocycles. The molecule has 28 heavy (non-hydrogen) atoms. The molecule has 2 aromatic heterocycles. The molecule has 1 aliphatic rings. The lowest BCUT2D eigenvalue weighted by atomic mass is 10.0. The fourth-order valence-corrected chi connectivity index (χ4v) is 3.76. The highest BCUT2D eigenvalue weighted by atomic mass is 28.3. The monoisotopic (exact) mass is 397 g/mol. The summed E-state index contributed by atoms with van der Waals surface area (Å²) in [4.78, 5) is 19.5. The molecule has 148 valence electrons. The number of carbonyl (C=O) groups excluding carboxylic acids is 1. The van der Waals surface area contributed by atoms with E-state index in [0.717, 1.165) is 42.1 Å². The first kappa shape index (κ1) is 20.4. The van der Waals surface area contributed by atoms with E-state index < -0.39 is 8.07 Å². The summed E-state index contributed by atoms with van der Waals surface area (Å²) in [6, 6.07) is 3.02. The average Bonchev–Trinajstić information content (AvgIpc) is 3.33. The van der Waals surface area contributed by atoms with Crippen molar-refractivity contribution in [3.63, 3.8) is 0 Å². The van der Waals surface area contributed by atoms with Crippen molar-refractivity contribution in [3.05, 3.63) is 40.8 Å². The van der Waals surface area contributed by atoms with Crippen LogP contribution in [0.4, 0.5) is 0 Å². The minimum atomic E-state index is -1.14. The van der Waals surface area contributed by atoms with Crippen LogP contribution >= 0.6 is 0 Å². The number of ether oxygens (including phenoxy) is 1. The zero-order valence-electron chi connectivity index (χ0n) is 17.0. The summed E-state index contributed by atoms with van der Waals surface area (Å²) in [5.74, 6) is 1.44. The first-order valence-corrected chi connectivity index (χ1v) is 13.3. The van der Waals surface area contributed by atoms with Crippen molar-refractivity contribution < 1.29 is 9.53 Å².